The molecule has 23 heavy (non-hydrogen) atoms. The first-order valence-corrected chi connectivity index (χ1v) is 8.21. The lowest BCUT2D eigenvalue weighted by atomic mass is 10.0. The van der Waals surface area contributed by atoms with Gasteiger partial charge in [0.1, 0.15) is 5.65 Å². The molecule has 0 aliphatic heterocycles. The number of hydrogen-bond donors (Lipinski definition) is 2. The van der Waals surface area contributed by atoms with Crippen LogP contribution in [0.4, 0.5) is 0 Å². The molecular weight excluding hydrogens is 358 g/mol. The molecule has 0 bridgehead atoms. The lowest BCUT2D eigenvalue weighted by molar-refractivity contribution is 0.298. The van der Waals surface area contributed by atoms with Crippen LogP contribution in [0.3, 0.4) is 0 Å². The Kier molecular flexibility index (Phi) is 4.12. The van der Waals surface area contributed by atoms with Gasteiger partial charge >= 0.3 is 0 Å². The van der Waals surface area contributed by atoms with Gasteiger partial charge in [-0.1, -0.05) is 22.0 Å². The summed E-state index contributed by atoms with van der Waals surface area (Å²) in [6.07, 6.45) is 0.322. The van der Waals surface area contributed by atoms with Crippen molar-refractivity contribution in [3.05, 3.63) is 55.5 Å². The van der Waals surface area contributed by atoms with Crippen molar-refractivity contribution in [1.29, 1.82) is 0 Å². The number of H-pyrrole nitrogens is 1. The summed E-state index contributed by atoms with van der Waals surface area (Å²) in [7, 11) is 0. The third-order valence-electron chi connectivity index (χ3n) is 4.09. The summed E-state index contributed by atoms with van der Waals surface area (Å²) in [5.74, 6) is 0. The molecule has 0 aliphatic carbocycles. The number of aliphatic hydroxyl groups is 1. The largest absolute Gasteiger partial charge is 0.396 e. The van der Waals surface area contributed by atoms with E-state index in [1.165, 1.54) is 4.52 Å². The molecule has 0 saturated heterocycles. The molecule has 3 aromatic rings. The third-order valence-corrected chi connectivity index (χ3v) is 4.58. The van der Waals surface area contributed by atoms with Crippen LogP contribution in [0.5, 0.6) is 0 Å². The molecule has 5 nitrogen and oxygen atoms in total. The van der Waals surface area contributed by atoms with Crippen LogP contribution >= 0.6 is 15.9 Å². The minimum Gasteiger partial charge on any atom is -0.396 e. The minimum absolute atomic E-state index is 0.0612. The molecule has 0 amide bonds. The Morgan fingerprint density at radius 1 is 1.30 bits per heavy atom. The molecule has 0 spiro atoms. The number of halogens is 1. The smallest absolute Gasteiger partial charge is 0.277 e. The first kappa shape index (κ1) is 16.0. The second-order valence-electron chi connectivity index (χ2n) is 5.69. The highest BCUT2D eigenvalue weighted by atomic mass is 79.9. The minimum atomic E-state index is -0.172. The monoisotopic (exact) mass is 375 g/mol. The summed E-state index contributed by atoms with van der Waals surface area (Å²) in [5.41, 5.74) is 5.75. The van der Waals surface area contributed by atoms with E-state index in [0.29, 0.717) is 17.6 Å². The number of nitrogens with one attached hydrogen (secondary N) is 1. The normalized spacial score (nSPS) is 11.3. The van der Waals surface area contributed by atoms with Gasteiger partial charge in [-0.25, -0.2) is 0 Å². The topological polar surface area (TPSA) is 70.4 Å². The standard InChI is InChI=1S/C17H18BrN3O2/c1-9-8-12(18)4-5-13(9)15-11(3)20-21-16(15)19-10(2)14(6-7-22)17(21)23/h4-5,8,19,22H,6-7H2,1-3H3. The Balaban J connectivity index is 2.35. The highest BCUT2D eigenvalue weighted by Gasteiger charge is 2.18. The van der Waals surface area contributed by atoms with E-state index in [4.69, 9.17) is 5.11 Å². The maximum absolute atomic E-state index is 12.6. The van der Waals surface area contributed by atoms with Crippen LogP contribution < -0.4 is 5.56 Å². The summed E-state index contributed by atoms with van der Waals surface area (Å²) in [5, 5.41) is 13.6. The predicted octanol–water partition coefficient (Wildman–Crippen LogP) is 2.91. The van der Waals surface area contributed by atoms with Crippen LogP contribution in [0.1, 0.15) is 22.5 Å². The zero-order valence-electron chi connectivity index (χ0n) is 13.3. The first-order valence-electron chi connectivity index (χ1n) is 7.42. The highest BCUT2D eigenvalue weighted by Crippen LogP contribution is 2.31. The van der Waals surface area contributed by atoms with Crippen molar-refractivity contribution in [2.75, 3.05) is 6.61 Å². The molecule has 0 saturated carbocycles. The fraction of sp³-hybridized carbons (Fsp3) is 0.294. The van der Waals surface area contributed by atoms with Crippen molar-refractivity contribution in [3.8, 4) is 11.1 Å². The molecule has 120 valence electrons. The quantitative estimate of drug-likeness (QED) is 0.739. The van der Waals surface area contributed by atoms with Gasteiger partial charge in [-0.15, -0.1) is 0 Å². The van der Waals surface area contributed by atoms with Crippen molar-refractivity contribution in [2.45, 2.75) is 27.2 Å². The number of benzene rings is 1. The van der Waals surface area contributed by atoms with Gasteiger partial charge in [-0.3, -0.25) is 4.79 Å². The summed E-state index contributed by atoms with van der Waals surface area (Å²) in [4.78, 5) is 15.9. The van der Waals surface area contributed by atoms with Crippen molar-refractivity contribution in [2.24, 2.45) is 0 Å². The van der Waals surface area contributed by atoms with E-state index >= 15 is 0 Å². The fourth-order valence-corrected chi connectivity index (χ4v) is 3.44. The van der Waals surface area contributed by atoms with E-state index in [2.05, 4.69) is 26.0 Å². The van der Waals surface area contributed by atoms with Gasteiger partial charge in [-0.05, 0) is 44.0 Å². The Morgan fingerprint density at radius 2 is 2.04 bits per heavy atom. The fourth-order valence-electron chi connectivity index (χ4n) is 2.97. The van der Waals surface area contributed by atoms with Crippen LogP contribution in [0, 0.1) is 20.8 Å². The van der Waals surface area contributed by atoms with Gasteiger partial charge in [0.2, 0.25) is 0 Å². The molecule has 1 aromatic carbocycles. The Morgan fingerprint density at radius 3 is 2.70 bits per heavy atom. The van der Waals surface area contributed by atoms with E-state index in [-0.39, 0.29) is 12.2 Å². The average Bonchev–Trinajstić information content (AvgIpc) is 2.80. The third kappa shape index (κ3) is 2.62. The molecule has 0 fully saturated rings. The van der Waals surface area contributed by atoms with Crippen molar-refractivity contribution in [1.82, 2.24) is 14.6 Å². The zero-order valence-corrected chi connectivity index (χ0v) is 14.9. The van der Waals surface area contributed by atoms with Crippen molar-refractivity contribution in [3.63, 3.8) is 0 Å². The molecule has 0 unspecified atom stereocenters. The lowest BCUT2D eigenvalue weighted by Crippen LogP contribution is -2.22. The van der Waals surface area contributed by atoms with Crippen LogP contribution in [-0.4, -0.2) is 26.3 Å². The van der Waals surface area contributed by atoms with Crippen LogP contribution in [0.25, 0.3) is 16.8 Å². The van der Waals surface area contributed by atoms with E-state index in [1.807, 2.05) is 39.0 Å². The van der Waals surface area contributed by atoms with Gasteiger partial charge in [0.15, 0.2) is 0 Å². The SMILES string of the molecule is Cc1cc(Br)ccc1-c1c(C)nn2c(=O)c(CCO)c(C)[nH]c12. The van der Waals surface area contributed by atoms with Gasteiger partial charge in [0.05, 0.1) is 5.69 Å². The first-order chi connectivity index (χ1) is 10.9. The average molecular weight is 376 g/mol. The number of fused-ring (bicyclic) bond motifs is 1. The highest BCUT2D eigenvalue weighted by molar-refractivity contribution is 9.10. The van der Waals surface area contributed by atoms with E-state index in [0.717, 1.165) is 32.6 Å². The molecule has 2 N–H and O–H groups in total. The number of aryl methyl sites for hydroxylation is 3. The number of nitrogens with zero attached hydrogens (tertiary/aromatic N) is 2. The molecule has 0 radical (unpaired) electrons. The number of aliphatic hydroxyl groups excluding tert-OH is 1. The zero-order chi connectivity index (χ0) is 16.7. The number of rotatable bonds is 3. The van der Waals surface area contributed by atoms with Gasteiger partial charge in [0, 0.05) is 34.3 Å². The summed E-state index contributed by atoms with van der Waals surface area (Å²) in [6.45, 7) is 5.73. The Labute approximate surface area is 142 Å². The molecule has 2 heterocycles. The maximum atomic E-state index is 12.6. The van der Waals surface area contributed by atoms with E-state index < -0.39 is 0 Å². The summed E-state index contributed by atoms with van der Waals surface area (Å²) in [6, 6.07) is 6.05. The van der Waals surface area contributed by atoms with Crippen LogP contribution in [0.15, 0.2) is 27.5 Å². The molecule has 3 rings (SSSR count). The van der Waals surface area contributed by atoms with Crippen LogP contribution in [-0.2, 0) is 6.42 Å². The molecule has 0 atom stereocenters. The molecule has 2 aromatic heterocycles. The number of aromatic nitrogens is 3. The van der Waals surface area contributed by atoms with E-state index in [1.54, 1.807) is 0 Å². The molecule has 6 heteroatoms. The summed E-state index contributed by atoms with van der Waals surface area (Å²) >= 11 is 3.48. The van der Waals surface area contributed by atoms with Crippen molar-refractivity contribution >= 4 is 21.6 Å². The Hall–Kier alpha value is -1.92. The second-order valence-corrected chi connectivity index (χ2v) is 6.60. The number of hydrogen-bond acceptors (Lipinski definition) is 3. The predicted molar refractivity (Wildman–Crippen MR) is 93.9 cm³/mol. The molecule has 0 aliphatic rings. The van der Waals surface area contributed by atoms with E-state index in [9.17, 15) is 4.79 Å². The van der Waals surface area contributed by atoms with Crippen molar-refractivity contribution < 1.29 is 5.11 Å². The number of aromatic amines is 1. The van der Waals surface area contributed by atoms with Crippen LogP contribution in [0.2, 0.25) is 0 Å². The van der Waals surface area contributed by atoms with Gasteiger partial charge in [-0.2, -0.15) is 9.61 Å². The lowest BCUT2D eigenvalue weighted by Gasteiger charge is -2.08. The second kappa shape index (κ2) is 5.94. The van der Waals surface area contributed by atoms with Gasteiger partial charge in [0.25, 0.3) is 5.56 Å². The molecular formula is C17H18BrN3O2. The summed E-state index contributed by atoms with van der Waals surface area (Å²) < 4.78 is 2.42. The Bertz CT molecular complexity index is 957. The maximum Gasteiger partial charge on any atom is 0.277 e. The van der Waals surface area contributed by atoms with Gasteiger partial charge < -0.3 is 10.1 Å².